The molecule has 3 fully saturated rings. The number of hydrogen-bond acceptors (Lipinski definition) is 4. The fourth-order valence-corrected chi connectivity index (χ4v) is 6.74. The molecular weight excluding hydrogens is 362 g/mol. The van der Waals surface area contributed by atoms with Gasteiger partial charge in [-0.05, 0) is 74.5 Å². The van der Waals surface area contributed by atoms with Gasteiger partial charge in [0.25, 0.3) is 0 Å². The van der Waals surface area contributed by atoms with Crippen molar-refractivity contribution >= 4 is 0 Å². The Labute approximate surface area is 176 Å². The van der Waals surface area contributed by atoms with Crippen molar-refractivity contribution in [2.24, 2.45) is 34.3 Å². The average molecular weight is 404 g/mol. The monoisotopic (exact) mass is 403 g/mol. The van der Waals surface area contributed by atoms with Crippen LogP contribution in [0.25, 0.3) is 0 Å². The van der Waals surface area contributed by atoms with E-state index in [2.05, 4.69) is 31.2 Å². The number of aliphatic hydroxyl groups excluding tert-OH is 2. The van der Waals surface area contributed by atoms with Gasteiger partial charge in [0, 0.05) is 12.5 Å². The third kappa shape index (κ3) is 4.85. The zero-order chi connectivity index (χ0) is 21.0. The number of nitroso groups, excluding NO2 is 1. The Kier molecular flexibility index (Phi) is 7.72. The Morgan fingerprint density at radius 1 is 1.24 bits per heavy atom. The van der Waals surface area contributed by atoms with Crippen molar-refractivity contribution in [3.8, 4) is 0 Å². The van der Waals surface area contributed by atoms with Crippen molar-refractivity contribution in [3.05, 3.63) is 28.2 Å². The number of nitrogens with zero attached hydrogens (tertiary/aromatic N) is 1. The second kappa shape index (κ2) is 9.87. The molecule has 4 heteroatoms. The van der Waals surface area contributed by atoms with E-state index in [9.17, 15) is 10.0 Å². The van der Waals surface area contributed by atoms with E-state index in [4.69, 9.17) is 5.11 Å². The maximum Gasteiger partial charge on any atom is 0.101 e. The Morgan fingerprint density at radius 3 is 2.76 bits per heavy atom. The van der Waals surface area contributed by atoms with Crippen LogP contribution in [0.4, 0.5) is 0 Å². The molecule has 0 bridgehead atoms. The van der Waals surface area contributed by atoms with Gasteiger partial charge in [0.15, 0.2) is 0 Å². The fourth-order valence-electron chi connectivity index (χ4n) is 6.74. The van der Waals surface area contributed by atoms with Crippen molar-refractivity contribution in [1.29, 1.82) is 0 Å². The SMILES string of the molecule is C[C@@H]1[C@H](O)C/C(=C\C=C2/CCC[C@]3(C)C([C@@H](C)CCCCO)CC[C@@H]23)C[C@H]1N=O. The Hall–Kier alpha value is -1.00. The van der Waals surface area contributed by atoms with Crippen LogP contribution in [0.3, 0.4) is 0 Å². The summed E-state index contributed by atoms with van der Waals surface area (Å²) in [5, 5.41) is 22.6. The summed E-state index contributed by atoms with van der Waals surface area (Å²) in [5.41, 5.74) is 3.15. The molecule has 0 aromatic heterocycles. The highest BCUT2D eigenvalue weighted by Crippen LogP contribution is 2.59. The van der Waals surface area contributed by atoms with Crippen LogP contribution in [-0.4, -0.2) is 29.0 Å². The first kappa shape index (κ1) is 22.7. The van der Waals surface area contributed by atoms with Gasteiger partial charge in [-0.15, -0.1) is 0 Å². The molecule has 0 amide bonds. The summed E-state index contributed by atoms with van der Waals surface area (Å²) < 4.78 is 0. The number of rotatable bonds is 7. The van der Waals surface area contributed by atoms with E-state index in [0.717, 1.165) is 24.7 Å². The highest BCUT2D eigenvalue weighted by Gasteiger charge is 2.50. The van der Waals surface area contributed by atoms with Gasteiger partial charge in [-0.1, -0.05) is 62.1 Å². The van der Waals surface area contributed by atoms with Crippen LogP contribution in [0.15, 0.2) is 28.5 Å². The van der Waals surface area contributed by atoms with E-state index in [-0.39, 0.29) is 12.0 Å². The average Bonchev–Trinajstić information content (AvgIpc) is 3.06. The van der Waals surface area contributed by atoms with Crippen LogP contribution in [0.2, 0.25) is 0 Å². The summed E-state index contributed by atoms with van der Waals surface area (Å²) in [6.45, 7) is 7.19. The van der Waals surface area contributed by atoms with Crippen molar-refractivity contribution in [1.82, 2.24) is 0 Å². The third-order valence-corrected chi connectivity index (χ3v) is 8.62. The summed E-state index contributed by atoms with van der Waals surface area (Å²) in [5.74, 6) is 2.14. The molecule has 0 aliphatic heterocycles. The summed E-state index contributed by atoms with van der Waals surface area (Å²) in [6, 6.07) is -0.296. The molecule has 0 aromatic rings. The van der Waals surface area contributed by atoms with Gasteiger partial charge in [0.05, 0.1) is 6.10 Å². The molecule has 29 heavy (non-hydrogen) atoms. The molecule has 3 saturated carbocycles. The summed E-state index contributed by atoms with van der Waals surface area (Å²) in [4.78, 5) is 11.1. The zero-order valence-electron chi connectivity index (χ0n) is 18.6. The summed E-state index contributed by atoms with van der Waals surface area (Å²) in [6.07, 6.45) is 15.1. The van der Waals surface area contributed by atoms with Crippen LogP contribution >= 0.6 is 0 Å². The smallest absolute Gasteiger partial charge is 0.101 e. The Bertz CT molecular complexity index is 628. The van der Waals surface area contributed by atoms with Crippen LogP contribution in [0.1, 0.15) is 85.0 Å². The van der Waals surface area contributed by atoms with Gasteiger partial charge in [0.1, 0.15) is 6.04 Å². The van der Waals surface area contributed by atoms with Crippen molar-refractivity contribution < 1.29 is 10.2 Å². The first-order chi connectivity index (χ1) is 13.9. The second-order valence-electron chi connectivity index (χ2n) is 10.4. The molecule has 3 aliphatic carbocycles. The van der Waals surface area contributed by atoms with Gasteiger partial charge in [0.2, 0.25) is 0 Å². The standard InChI is InChI=1S/C25H41NO3/c1-17(7-4-5-14-27)21-11-12-22-20(8-6-13-25(21,22)3)10-9-19-15-23(26-29)18(2)24(28)16-19/h9-10,17-18,21-24,27-28H,4-8,11-16H2,1-3H3/b19-9-,20-10+/t17-,18-,21?,22-,23+,24+,25+/m0/s1. The van der Waals surface area contributed by atoms with Gasteiger partial charge in [-0.3, -0.25) is 0 Å². The first-order valence-electron chi connectivity index (χ1n) is 11.9. The largest absolute Gasteiger partial charge is 0.396 e. The first-order valence-corrected chi connectivity index (χ1v) is 11.9. The summed E-state index contributed by atoms with van der Waals surface area (Å²) in [7, 11) is 0. The lowest BCUT2D eigenvalue weighted by molar-refractivity contribution is 0.0864. The van der Waals surface area contributed by atoms with E-state index in [1.54, 1.807) is 5.57 Å². The minimum Gasteiger partial charge on any atom is -0.396 e. The summed E-state index contributed by atoms with van der Waals surface area (Å²) >= 11 is 0. The van der Waals surface area contributed by atoms with E-state index < -0.39 is 6.10 Å². The van der Waals surface area contributed by atoms with Gasteiger partial charge in [-0.25, -0.2) is 0 Å². The van der Waals surface area contributed by atoms with Crippen molar-refractivity contribution in [2.45, 2.75) is 97.1 Å². The fraction of sp³-hybridized carbons (Fsp3) is 0.840. The second-order valence-corrected chi connectivity index (χ2v) is 10.4. The molecule has 0 saturated heterocycles. The highest BCUT2D eigenvalue weighted by molar-refractivity contribution is 5.26. The van der Waals surface area contributed by atoms with Crippen LogP contribution in [-0.2, 0) is 0 Å². The molecule has 4 nitrogen and oxygen atoms in total. The Balaban J connectivity index is 1.71. The van der Waals surface area contributed by atoms with E-state index >= 15 is 0 Å². The number of allylic oxidation sites excluding steroid dienone is 3. The predicted octanol–water partition coefficient (Wildman–Crippen LogP) is 5.78. The van der Waals surface area contributed by atoms with Crippen LogP contribution < -0.4 is 0 Å². The number of unbranched alkanes of at least 4 members (excludes halogenated alkanes) is 1. The lowest BCUT2D eigenvalue weighted by atomic mass is 9.60. The number of aliphatic hydroxyl groups is 2. The molecule has 0 heterocycles. The van der Waals surface area contributed by atoms with Crippen LogP contribution in [0, 0.1) is 34.0 Å². The highest BCUT2D eigenvalue weighted by atomic mass is 16.3. The topological polar surface area (TPSA) is 69.9 Å². The number of fused-ring (bicyclic) bond motifs is 1. The Morgan fingerprint density at radius 2 is 2.03 bits per heavy atom. The molecule has 1 unspecified atom stereocenters. The zero-order valence-corrected chi connectivity index (χ0v) is 18.6. The predicted molar refractivity (Wildman–Crippen MR) is 118 cm³/mol. The minimum absolute atomic E-state index is 0.0433. The number of hydrogen-bond donors (Lipinski definition) is 2. The van der Waals surface area contributed by atoms with Gasteiger partial charge < -0.3 is 10.2 Å². The lowest BCUT2D eigenvalue weighted by Crippen LogP contribution is -2.36. The third-order valence-electron chi connectivity index (χ3n) is 8.62. The molecule has 164 valence electrons. The maximum atomic E-state index is 11.1. The maximum absolute atomic E-state index is 11.1. The lowest BCUT2D eigenvalue weighted by Gasteiger charge is -2.44. The molecule has 3 rings (SSSR count). The normalized spacial score (nSPS) is 41.5. The van der Waals surface area contributed by atoms with Crippen molar-refractivity contribution in [2.75, 3.05) is 6.61 Å². The molecular formula is C25H41NO3. The molecule has 3 aliphatic rings. The van der Waals surface area contributed by atoms with E-state index in [1.807, 2.05) is 6.92 Å². The quantitative estimate of drug-likeness (QED) is 0.418. The molecule has 2 N–H and O–H groups in total. The van der Waals surface area contributed by atoms with Gasteiger partial charge in [-0.2, -0.15) is 4.91 Å². The molecule has 0 aromatic carbocycles. The molecule has 0 spiro atoms. The minimum atomic E-state index is -0.455. The molecule has 0 radical (unpaired) electrons. The molecule has 7 atom stereocenters. The van der Waals surface area contributed by atoms with E-state index in [1.165, 1.54) is 44.1 Å². The van der Waals surface area contributed by atoms with Crippen LogP contribution in [0.5, 0.6) is 0 Å². The van der Waals surface area contributed by atoms with Gasteiger partial charge >= 0.3 is 0 Å². The van der Waals surface area contributed by atoms with Crippen molar-refractivity contribution in [3.63, 3.8) is 0 Å². The van der Waals surface area contributed by atoms with E-state index in [0.29, 0.717) is 30.8 Å².